The molecule has 0 atom stereocenters. The Morgan fingerprint density at radius 2 is 0.667 bits per heavy atom. The first-order valence-corrected chi connectivity index (χ1v) is 12.8. The molecule has 180 valence electrons. The van der Waals surface area contributed by atoms with Gasteiger partial charge in [-0.3, -0.25) is 9.59 Å². The summed E-state index contributed by atoms with van der Waals surface area (Å²) >= 11 is 0. The van der Waals surface area contributed by atoms with Crippen LogP contribution in [0.25, 0.3) is 0 Å². The van der Waals surface area contributed by atoms with Gasteiger partial charge in [0.05, 0.1) is 14.2 Å². The lowest BCUT2D eigenvalue weighted by Crippen LogP contribution is -1.99. The maximum atomic E-state index is 10.8. The number of carbonyl (C=O) groups excluding carboxylic acids is 2. The van der Waals surface area contributed by atoms with Gasteiger partial charge in [0.25, 0.3) is 0 Å². The summed E-state index contributed by atoms with van der Waals surface area (Å²) in [6, 6.07) is 0. The van der Waals surface area contributed by atoms with Gasteiger partial charge in [0.2, 0.25) is 0 Å². The van der Waals surface area contributed by atoms with E-state index in [9.17, 15) is 9.59 Å². The number of esters is 2. The maximum absolute atomic E-state index is 10.8. The van der Waals surface area contributed by atoms with E-state index in [-0.39, 0.29) is 11.9 Å². The average molecular weight is 429 g/mol. The normalized spacial score (nSPS) is 10.3. The molecule has 0 saturated carbocycles. The van der Waals surface area contributed by atoms with Crippen molar-refractivity contribution in [1.82, 2.24) is 0 Å². The number of hydrogen-bond donors (Lipinski definition) is 0. The van der Waals surface area contributed by atoms with E-state index in [0.29, 0.717) is 12.8 Å². The maximum Gasteiger partial charge on any atom is 0.305 e. The van der Waals surface area contributed by atoms with Gasteiger partial charge in [-0.1, -0.05) is 117 Å². The molecule has 0 bridgehead atoms. The van der Waals surface area contributed by atoms with Gasteiger partial charge in [-0.2, -0.15) is 0 Å². The Labute approximate surface area is 187 Å². The number of rotatable bonds is 20. The lowest BCUT2D eigenvalue weighted by Gasteiger charge is -2.02. The highest BCUT2D eigenvalue weighted by atomic mass is 16.5. The highest BCUT2D eigenvalue weighted by molar-refractivity contribution is 5.69. The molecule has 30 heavy (non-hydrogen) atoms. The monoisotopic (exact) mass is 428 g/mol. The number of carbonyl (C=O) groups is 2. The SMILES string of the molecule is CCCCCCCCCC(=O)OC.CCCCCCCCCCCCCC(=O)OC. The first-order valence-electron chi connectivity index (χ1n) is 12.8. The van der Waals surface area contributed by atoms with Crippen LogP contribution in [0, 0.1) is 0 Å². The van der Waals surface area contributed by atoms with Crippen molar-refractivity contribution in [2.45, 2.75) is 142 Å². The Morgan fingerprint density at radius 3 is 0.900 bits per heavy atom. The molecular weight excluding hydrogens is 376 g/mol. The highest BCUT2D eigenvalue weighted by Gasteiger charge is 1.99. The van der Waals surface area contributed by atoms with Crippen molar-refractivity contribution in [1.29, 1.82) is 0 Å². The quantitative estimate of drug-likeness (QED) is 0.145. The van der Waals surface area contributed by atoms with Gasteiger partial charge in [0.1, 0.15) is 0 Å². The molecule has 0 aliphatic heterocycles. The van der Waals surface area contributed by atoms with Gasteiger partial charge in [-0.05, 0) is 12.8 Å². The van der Waals surface area contributed by atoms with Crippen LogP contribution < -0.4 is 0 Å². The highest BCUT2D eigenvalue weighted by Crippen LogP contribution is 2.12. The zero-order chi connectivity index (χ0) is 22.7. The average Bonchev–Trinajstić information content (AvgIpc) is 2.76. The molecule has 0 spiro atoms. The minimum atomic E-state index is -0.0754. The zero-order valence-corrected chi connectivity index (χ0v) is 20.8. The molecule has 4 heteroatoms. The van der Waals surface area contributed by atoms with Crippen molar-refractivity contribution in [3.05, 3.63) is 0 Å². The molecule has 0 saturated heterocycles. The Morgan fingerprint density at radius 1 is 0.433 bits per heavy atom. The minimum absolute atomic E-state index is 0.0686. The fraction of sp³-hybridized carbons (Fsp3) is 0.923. The van der Waals surface area contributed by atoms with E-state index in [1.54, 1.807) is 0 Å². The van der Waals surface area contributed by atoms with Crippen LogP contribution in [0.1, 0.15) is 142 Å². The van der Waals surface area contributed by atoms with Crippen LogP contribution in [0.15, 0.2) is 0 Å². The van der Waals surface area contributed by atoms with Crippen molar-refractivity contribution >= 4 is 11.9 Å². The third-order valence-corrected chi connectivity index (χ3v) is 5.42. The number of hydrogen-bond acceptors (Lipinski definition) is 4. The predicted octanol–water partition coefficient (Wildman–Crippen LogP) is 8.16. The van der Waals surface area contributed by atoms with Crippen molar-refractivity contribution in [3.8, 4) is 0 Å². The molecule has 0 aliphatic rings. The van der Waals surface area contributed by atoms with Crippen molar-refractivity contribution < 1.29 is 19.1 Å². The second-order valence-electron chi connectivity index (χ2n) is 8.31. The van der Waals surface area contributed by atoms with E-state index in [1.807, 2.05) is 0 Å². The third-order valence-electron chi connectivity index (χ3n) is 5.42. The molecular formula is C26H52O4. The third kappa shape index (κ3) is 29.1. The minimum Gasteiger partial charge on any atom is -0.469 e. The Kier molecular flexibility index (Phi) is 29.0. The summed E-state index contributed by atoms with van der Waals surface area (Å²) in [5.41, 5.74) is 0. The number of ether oxygens (including phenoxy) is 2. The van der Waals surface area contributed by atoms with Gasteiger partial charge in [-0.25, -0.2) is 0 Å². The van der Waals surface area contributed by atoms with Crippen LogP contribution in [-0.4, -0.2) is 26.2 Å². The van der Waals surface area contributed by atoms with Crippen LogP contribution in [0.2, 0.25) is 0 Å². The van der Waals surface area contributed by atoms with Crippen molar-refractivity contribution in [2.24, 2.45) is 0 Å². The molecule has 0 fully saturated rings. The topological polar surface area (TPSA) is 52.6 Å². The second kappa shape index (κ2) is 27.9. The summed E-state index contributed by atoms with van der Waals surface area (Å²) in [6.07, 6.45) is 24.4. The molecule has 0 rings (SSSR count). The molecule has 0 aromatic carbocycles. The molecule has 0 aromatic rings. The first-order chi connectivity index (χ1) is 14.6. The zero-order valence-electron chi connectivity index (χ0n) is 20.8. The van der Waals surface area contributed by atoms with Gasteiger partial charge >= 0.3 is 11.9 Å². The Balaban J connectivity index is 0. The number of unbranched alkanes of at least 4 members (excludes halogenated alkanes) is 16. The lowest BCUT2D eigenvalue weighted by molar-refractivity contribution is -0.141. The van der Waals surface area contributed by atoms with E-state index < -0.39 is 0 Å². The summed E-state index contributed by atoms with van der Waals surface area (Å²) in [5, 5.41) is 0. The Bertz CT molecular complexity index is 355. The molecule has 0 unspecified atom stereocenters. The van der Waals surface area contributed by atoms with Crippen LogP contribution in [-0.2, 0) is 19.1 Å². The molecule has 0 heterocycles. The first kappa shape index (κ1) is 31.1. The van der Waals surface area contributed by atoms with E-state index >= 15 is 0 Å². The molecule has 0 N–H and O–H groups in total. The molecule has 4 nitrogen and oxygen atoms in total. The predicted molar refractivity (Wildman–Crippen MR) is 128 cm³/mol. The fourth-order valence-electron chi connectivity index (χ4n) is 3.36. The van der Waals surface area contributed by atoms with Crippen LogP contribution in [0.3, 0.4) is 0 Å². The number of methoxy groups -OCH3 is 2. The van der Waals surface area contributed by atoms with E-state index in [4.69, 9.17) is 0 Å². The Hall–Kier alpha value is -1.06. The van der Waals surface area contributed by atoms with Gasteiger partial charge < -0.3 is 9.47 Å². The van der Waals surface area contributed by atoms with E-state index in [2.05, 4.69) is 23.3 Å². The lowest BCUT2D eigenvalue weighted by atomic mass is 10.1. The van der Waals surface area contributed by atoms with Crippen LogP contribution in [0.4, 0.5) is 0 Å². The van der Waals surface area contributed by atoms with Gasteiger partial charge in [-0.15, -0.1) is 0 Å². The fourth-order valence-corrected chi connectivity index (χ4v) is 3.36. The van der Waals surface area contributed by atoms with Gasteiger partial charge in [0, 0.05) is 12.8 Å². The van der Waals surface area contributed by atoms with Crippen LogP contribution >= 0.6 is 0 Å². The van der Waals surface area contributed by atoms with E-state index in [1.165, 1.54) is 117 Å². The van der Waals surface area contributed by atoms with E-state index in [0.717, 1.165) is 12.8 Å². The molecule has 0 amide bonds. The summed E-state index contributed by atoms with van der Waals surface area (Å²) in [7, 11) is 2.91. The largest absolute Gasteiger partial charge is 0.469 e. The standard InChI is InChI=1S/C15H30O2.C11H22O2/c1-3-4-5-6-7-8-9-10-11-12-13-14-15(16)17-2;1-3-4-5-6-7-8-9-10-11(12)13-2/h3-14H2,1-2H3;3-10H2,1-2H3. The summed E-state index contributed by atoms with van der Waals surface area (Å²) in [6.45, 7) is 4.48. The van der Waals surface area contributed by atoms with Crippen molar-refractivity contribution in [2.75, 3.05) is 14.2 Å². The van der Waals surface area contributed by atoms with Gasteiger partial charge in [0.15, 0.2) is 0 Å². The van der Waals surface area contributed by atoms with Crippen molar-refractivity contribution in [3.63, 3.8) is 0 Å². The second-order valence-corrected chi connectivity index (χ2v) is 8.31. The summed E-state index contributed by atoms with van der Waals surface area (Å²) in [5.74, 6) is -0.144. The summed E-state index contributed by atoms with van der Waals surface area (Å²) < 4.78 is 9.16. The molecule has 0 aliphatic carbocycles. The smallest absolute Gasteiger partial charge is 0.305 e. The molecule has 0 radical (unpaired) electrons. The molecule has 0 aromatic heterocycles. The van der Waals surface area contributed by atoms with Crippen LogP contribution in [0.5, 0.6) is 0 Å². The summed E-state index contributed by atoms with van der Waals surface area (Å²) in [4.78, 5) is 21.6.